The lowest BCUT2D eigenvalue weighted by Gasteiger charge is -2.24. The minimum Gasteiger partial charge on any atom is -0.457 e. The molecule has 0 atom stereocenters. The van der Waals surface area contributed by atoms with E-state index in [9.17, 15) is 0 Å². The summed E-state index contributed by atoms with van der Waals surface area (Å²) in [4.78, 5) is 0. The van der Waals surface area contributed by atoms with Gasteiger partial charge in [0.25, 0.3) is 0 Å². The smallest absolute Gasteiger partial charge is 0.235 e. The van der Waals surface area contributed by atoms with Crippen LogP contribution >= 0.6 is 0 Å². The van der Waals surface area contributed by atoms with Gasteiger partial charge in [-0.05, 0) is 44.4 Å². The lowest BCUT2D eigenvalue weighted by Crippen LogP contribution is -2.41. The fraction of sp³-hybridized carbons (Fsp3) is 0.250. The molecule has 0 amide bonds. The molecule has 0 aliphatic rings. The van der Waals surface area contributed by atoms with Crippen LogP contribution in [0, 0.1) is 0 Å². The molecule has 3 nitrogen and oxygen atoms in total. The fourth-order valence-electron chi connectivity index (χ4n) is 2.07. The van der Waals surface area contributed by atoms with E-state index in [1.54, 1.807) is 0 Å². The monoisotopic (exact) mass is 316 g/mol. The molecule has 0 bridgehead atoms. The SMILES string of the molecule is C[Si](O[Si](C)(C)C)c1ccccc1Oc1cccc(N)c1. The third-order valence-electron chi connectivity index (χ3n) is 2.81. The molecule has 111 valence electrons. The van der Waals surface area contributed by atoms with E-state index in [0.717, 1.165) is 16.7 Å². The van der Waals surface area contributed by atoms with Gasteiger partial charge >= 0.3 is 0 Å². The number of anilines is 1. The van der Waals surface area contributed by atoms with E-state index in [1.807, 2.05) is 42.5 Å². The minimum atomic E-state index is -1.56. The van der Waals surface area contributed by atoms with Gasteiger partial charge in [0, 0.05) is 16.9 Å². The summed E-state index contributed by atoms with van der Waals surface area (Å²) in [5.41, 5.74) is 6.50. The zero-order valence-corrected chi connectivity index (χ0v) is 15.0. The third-order valence-corrected chi connectivity index (χ3v) is 7.66. The lowest BCUT2D eigenvalue weighted by molar-refractivity contribution is 0.484. The second-order valence-electron chi connectivity index (χ2n) is 5.94. The molecule has 0 saturated carbocycles. The van der Waals surface area contributed by atoms with E-state index in [-0.39, 0.29) is 0 Å². The first-order chi connectivity index (χ1) is 9.85. The first-order valence-electron chi connectivity index (χ1n) is 7.00. The summed E-state index contributed by atoms with van der Waals surface area (Å²) in [5, 5.41) is 1.16. The zero-order chi connectivity index (χ0) is 15.5. The van der Waals surface area contributed by atoms with Crippen LogP contribution in [0.1, 0.15) is 0 Å². The maximum Gasteiger partial charge on any atom is 0.235 e. The second-order valence-corrected chi connectivity index (χ2v) is 12.6. The van der Waals surface area contributed by atoms with Gasteiger partial charge in [-0.1, -0.05) is 24.3 Å². The lowest BCUT2D eigenvalue weighted by atomic mass is 10.3. The quantitative estimate of drug-likeness (QED) is 0.675. The molecule has 0 unspecified atom stereocenters. The summed E-state index contributed by atoms with van der Waals surface area (Å²) in [5.74, 6) is 1.61. The van der Waals surface area contributed by atoms with Gasteiger partial charge in [0.1, 0.15) is 11.5 Å². The van der Waals surface area contributed by atoms with Crippen LogP contribution in [0.4, 0.5) is 5.69 Å². The van der Waals surface area contributed by atoms with Gasteiger partial charge in [-0.25, -0.2) is 0 Å². The van der Waals surface area contributed by atoms with Crippen LogP contribution in [-0.2, 0) is 4.12 Å². The van der Waals surface area contributed by atoms with Gasteiger partial charge in [0.2, 0.25) is 9.04 Å². The highest BCUT2D eigenvalue weighted by molar-refractivity contribution is 6.81. The fourth-order valence-corrected chi connectivity index (χ4v) is 6.99. The van der Waals surface area contributed by atoms with Gasteiger partial charge in [-0.2, -0.15) is 0 Å². The average molecular weight is 317 g/mol. The van der Waals surface area contributed by atoms with Crippen LogP contribution < -0.4 is 15.7 Å². The standard InChI is InChI=1S/C16H22NO2Si2/c1-20(19-21(2,3)4)16-11-6-5-10-15(16)18-14-9-7-8-13(17)12-14/h5-12H,17H2,1-4H3. The Morgan fingerprint density at radius 3 is 2.38 bits per heavy atom. The van der Waals surface area contributed by atoms with Gasteiger partial charge in [-0.3, -0.25) is 0 Å². The van der Waals surface area contributed by atoms with Crippen LogP contribution in [0.5, 0.6) is 11.5 Å². The molecule has 21 heavy (non-hydrogen) atoms. The number of ether oxygens (including phenoxy) is 1. The Kier molecular flexibility index (Phi) is 4.87. The summed E-state index contributed by atoms with van der Waals surface area (Å²) >= 11 is 0. The Hall–Kier alpha value is -1.57. The highest BCUT2D eigenvalue weighted by Crippen LogP contribution is 2.22. The first kappa shape index (κ1) is 15.8. The minimum absolute atomic E-state index is 0.699. The third kappa shape index (κ3) is 4.73. The number of para-hydroxylation sites is 1. The predicted octanol–water partition coefficient (Wildman–Crippen LogP) is 3.74. The molecule has 2 aromatic carbocycles. The van der Waals surface area contributed by atoms with Crippen LogP contribution in [0.15, 0.2) is 48.5 Å². The molecule has 0 aromatic heterocycles. The normalized spacial score (nSPS) is 11.7. The van der Waals surface area contributed by atoms with Crippen LogP contribution in [0.2, 0.25) is 26.2 Å². The number of hydrogen-bond acceptors (Lipinski definition) is 3. The summed E-state index contributed by atoms with van der Waals surface area (Å²) in [6, 6.07) is 15.6. The molecule has 2 rings (SSSR count). The van der Waals surface area contributed by atoms with Gasteiger partial charge < -0.3 is 14.6 Å². The summed E-state index contributed by atoms with van der Waals surface area (Å²) < 4.78 is 12.3. The van der Waals surface area contributed by atoms with Crippen molar-refractivity contribution < 1.29 is 8.85 Å². The molecule has 0 spiro atoms. The summed E-state index contributed by atoms with van der Waals surface area (Å²) in [6.45, 7) is 8.80. The molecular formula is C16H22NO2Si2. The van der Waals surface area contributed by atoms with Crippen molar-refractivity contribution in [2.75, 3.05) is 5.73 Å². The predicted molar refractivity (Wildman–Crippen MR) is 93.1 cm³/mol. The summed E-state index contributed by atoms with van der Waals surface area (Å²) in [7, 11) is -2.64. The molecular weight excluding hydrogens is 294 g/mol. The van der Waals surface area contributed by atoms with E-state index >= 15 is 0 Å². The maximum absolute atomic E-state index is 6.26. The van der Waals surface area contributed by atoms with E-state index in [0.29, 0.717) is 5.69 Å². The van der Waals surface area contributed by atoms with Crippen LogP contribution in [0.3, 0.4) is 0 Å². The number of nitrogens with two attached hydrogens (primary N) is 1. The number of rotatable bonds is 5. The van der Waals surface area contributed by atoms with Crippen molar-refractivity contribution in [2.45, 2.75) is 26.2 Å². The number of hydrogen-bond donors (Lipinski definition) is 1. The molecule has 5 heteroatoms. The van der Waals surface area contributed by atoms with Crippen molar-refractivity contribution in [1.29, 1.82) is 0 Å². The molecule has 0 heterocycles. The molecule has 0 saturated heterocycles. The Balaban J connectivity index is 2.24. The highest BCUT2D eigenvalue weighted by Gasteiger charge is 2.23. The molecule has 0 aliphatic carbocycles. The van der Waals surface area contributed by atoms with Crippen molar-refractivity contribution in [3.8, 4) is 11.5 Å². The van der Waals surface area contributed by atoms with Crippen molar-refractivity contribution in [2.24, 2.45) is 0 Å². The zero-order valence-electron chi connectivity index (χ0n) is 13.0. The Morgan fingerprint density at radius 1 is 1.00 bits per heavy atom. The first-order valence-corrected chi connectivity index (χ1v) is 12.3. The average Bonchev–Trinajstić information content (AvgIpc) is 2.37. The molecule has 2 N–H and O–H groups in total. The molecule has 0 aliphatic heterocycles. The highest BCUT2D eigenvalue weighted by atomic mass is 28.4. The van der Waals surface area contributed by atoms with Crippen LogP contribution in [-0.4, -0.2) is 17.4 Å². The van der Waals surface area contributed by atoms with Crippen molar-refractivity contribution in [1.82, 2.24) is 0 Å². The van der Waals surface area contributed by atoms with Crippen molar-refractivity contribution >= 4 is 28.2 Å². The van der Waals surface area contributed by atoms with Crippen LogP contribution in [0.25, 0.3) is 0 Å². The van der Waals surface area contributed by atoms with Gasteiger partial charge in [0.05, 0.1) is 0 Å². The number of benzene rings is 2. The Labute approximate surface area is 129 Å². The topological polar surface area (TPSA) is 44.5 Å². The van der Waals surface area contributed by atoms with Gasteiger partial charge in [0.15, 0.2) is 8.32 Å². The molecule has 2 aromatic rings. The largest absolute Gasteiger partial charge is 0.457 e. The Morgan fingerprint density at radius 2 is 1.71 bits per heavy atom. The Bertz CT molecular complexity index is 611. The van der Waals surface area contributed by atoms with Crippen molar-refractivity contribution in [3.05, 3.63) is 48.5 Å². The van der Waals surface area contributed by atoms with E-state index in [1.165, 1.54) is 0 Å². The maximum atomic E-state index is 6.26. The second kappa shape index (κ2) is 6.47. The van der Waals surface area contributed by atoms with E-state index in [2.05, 4.69) is 32.3 Å². The van der Waals surface area contributed by atoms with E-state index < -0.39 is 17.4 Å². The number of nitrogen functional groups attached to an aromatic ring is 1. The van der Waals surface area contributed by atoms with Gasteiger partial charge in [-0.15, -0.1) is 0 Å². The molecule has 0 fully saturated rings. The van der Waals surface area contributed by atoms with E-state index in [4.69, 9.17) is 14.6 Å². The summed E-state index contributed by atoms with van der Waals surface area (Å²) in [6.07, 6.45) is 0. The van der Waals surface area contributed by atoms with Crippen molar-refractivity contribution in [3.63, 3.8) is 0 Å². The molecule has 1 radical (unpaired) electrons.